The van der Waals surface area contributed by atoms with E-state index in [1.165, 1.54) is 6.20 Å². The molecule has 1 heterocycles. The second-order valence-electron chi connectivity index (χ2n) is 5.17. The molecule has 6 heteroatoms. The van der Waals surface area contributed by atoms with Crippen LogP contribution in [0.5, 0.6) is 0 Å². The summed E-state index contributed by atoms with van der Waals surface area (Å²) in [5.74, 6) is -0.632. The predicted molar refractivity (Wildman–Crippen MR) is 68.6 cm³/mol. The minimum Gasteiger partial charge on any atom is -0.481 e. The van der Waals surface area contributed by atoms with E-state index in [9.17, 15) is 9.59 Å². The van der Waals surface area contributed by atoms with E-state index in [-0.39, 0.29) is 11.8 Å². The van der Waals surface area contributed by atoms with Gasteiger partial charge < -0.3 is 10.4 Å². The molecule has 1 fully saturated rings. The van der Waals surface area contributed by atoms with Crippen molar-refractivity contribution in [2.45, 2.75) is 25.7 Å². The van der Waals surface area contributed by atoms with E-state index >= 15 is 0 Å². The molecule has 1 amide bonds. The van der Waals surface area contributed by atoms with Gasteiger partial charge in [0.2, 0.25) is 0 Å². The SMILES string of the molecule is Cn1cc(C(=O)NCC2CCC(C(=O)O)CC2)cn1. The number of aryl methyl sites for hydroxylation is 1. The first-order valence-electron chi connectivity index (χ1n) is 6.56. The second kappa shape index (κ2) is 5.86. The molecule has 1 aliphatic rings. The highest BCUT2D eigenvalue weighted by Crippen LogP contribution is 2.28. The molecule has 0 saturated heterocycles. The van der Waals surface area contributed by atoms with Crippen LogP contribution in [0.1, 0.15) is 36.0 Å². The fraction of sp³-hybridized carbons (Fsp3) is 0.615. The topological polar surface area (TPSA) is 84.2 Å². The third-order valence-corrected chi connectivity index (χ3v) is 3.71. The first-order chi connectivity index (χ1) is 9.06. The van der Waals surface area contributed by atoms with Crippen LogP contribution in [0.4, 0.5) is 0 Å². The van der Waals surface area contributed by atoms with Gasteiger partial charge in [-0.05, 0) is 31.6 Å². The minimum absolute atomic E-state index is 0.117. The molecule has 0 radical (unpaired) electrons. The summed E-state index contributed by atoms with van der Waals surface area (Å²) in [7, 11) is 1.77. The molecule has 0 aromatic carbocycles. The zero-order valence-corrected chi connectivity index (χ0v) is 11.0. The molecule has 1 aliphatic carbocycles. The Morgan fingerprint density at radius 1 is 1.42 bits per heavy atom. The highest BCUT2D eigenvalue weighted by molar-refractivity contribution is 5.93. The number of aromatic nitrogens is 2. The summed E-state index contributed by atoms with van der Waals surface area (Å²) < 4.78 is 1.59. The fourth-order valence-electron chi connectivity index (χ4n) is 2.49. The predicted octanol–water partition coefficient (Wildman–Crippen LogP) is 1.04. The van der Waals surface area contributed by atoms with E-state index in [0.29, 0.717) is 30.9 Å². The minimum atomic E-state index is -0.696. The van der Waals surface area contributed by atoms with Gasteiger partial charge >= 0.3 is 5.97 Å². The van der Waals surface area contributed by atoms with Gasteiger partial charge in [0.05, 0.1) is 17.7 Å². The zero-order valence-electron chi connectivity index (χ0n) is 11.0. The van der Waals surface area contributed by atoms with Gasteiger partial charge in [-0.2, -0.15) is 5.10 Å². The lowest BCUT2D eigenvalue weighted by Crippen LogP contribution is -2.32. The maximum absolute atomic E-state index is 11.8. The van der Waals surface area contributed by atoms with Crippen LogP contribution in [0.2, 0.25) is 0 Å². The molecule has 0 unspecified atom stereocenters. The number of carbonyl (C=O) groups excluding carboxylic acids is 1. The largest absolute Gasteiger partial charge is 0.481 e. The number of aliphatic carboxylic acids is 1. The van der Waals surface area contributed by atoms with E-state index in [4.69, 9.17) is 5.11 Å². The first kappa shape index (κ1) is 13.6. The van der Waals surface area contributed by atoms with E-state index < -0.39 is 5.97 Å². The molecule has 2 N–H and O–H groups in total. The van der Waals surface area contributed by atoms with Crippen molar-refractivity contribution < 1.29 is 14.7 Å². The molecule has 0 aliphatic heterocycles. The Kier molecular flexibility index (Phi) is 4.19. The number of amides is 1. The quantitative estimate of drug-likeness (QED) is 0.852. The summed E-state index contributed by atoms with van der Waals surface area (Å²) in [5.41, 5.74) is 0.557. The summed E-state index contributed by atoms with van der Waals surface area (Å²) in [6.45, 7) is 0.611. The Morgan fingerprint density at radius 2 is 2.11 bits per heavy atom. The summed E-state index contributed by atoms with van der Waals surface area (Å²) in [4.78, 5) is 22.7. The number of nitrogens with one attached hydrogen (secondary N) is 1. The molecule has 19 heavy (non-hydrogen) atoms. The van der Waals surface area contributed by atoms with Crippen molar-refractivity contribution in [3.8, 4) is 0 Å². The number of carboxylic acids is 1. The highest BCUT2D eigenvalue weighted by atomic mass is 16.4. The molecule has 104 valence electrons. The first-order valence-corrected chi connectivity index (χ1v) is 6.56. The average Bonchev–Trinajstić information content (AvgIpc) is 2.83. The summed E-state index contributed by atoms with van der Waals surface area (Å²) >= 11 is 0. The Labute approximate surface area is 111 Å². The van der Waals surface area contributed by atoms with Gasteiger partial charge in [-0.15, -0.1) is 0 Å². The third kappa shape index (κ3) is 3.56. The number of nitrogens with zero attached hydrogens (tertiary/aromatic N) is 2. The number of carbonyl (C=O) groups is 2. The maximum Gasteiger partial charge on any atom is 0.306 e. The molecule has 1 saturated carbocycles. The monoisotopic (exact) mass is 265 g/mol. The van der Waals surface area contributed by atoms with Gasteiger partial charge in [0.1, 0.15) is 0 Å². The molecular formula is C13H19N3O3. The fourth-order valence-corrected chi connectivity index (χ4v) is 2.49. The van der Waals surface area contributed by atoms with Gasteiger partial charge in [-0.25, -0.2) is 0 Å². The van der Waals surface area contributed by atoms with Crippen LogP contribution < -0.4 is 5.32 Å². The van der Waals surface area contributed by atoms with Crippen molar-refractivity contribution in [1.82, 2.24) is 15.1 Å². The summed E-state index contributed by atoms with van der Waals surface area (Å²) in [5, 5.41) is 15.8. The Hall–Kier alpha value is -1.85. The number of carboxylic acid groups (broad SMARTS) is 1. The average molecular weight is 265 g/mol. The van der Waals surface area contributed by atoms with Gasteiger partial charge in [-0.1, -0.05) is 0 Å². The van der Waals surface area contributed by atoms with Crippen LogP contribution in [0.3, 0.4) is 0 Å². The van der Waals surface area contributed by atoms with Crippen molar-refractivity contribution in [1.29, 1.82) is 0 Å². The normalized spacial score (nSPS) is 23.0. The Morgan fingerprint density at radius 3 is 2.63 bits per heavy atom. The molecule has 2 rings (SSSR count). The smallest absolute Gasteiger partial charge is 0.306 e. The van der Waals surface area contributed by atoms with Gasteiger partial charge in [0.15, 0.2) is 0 Å². The number of hydrogen-bond acceptors (Lipinski definition) is 3. The molecule has 0 spiro atoms. The highest BCUT2D eigenvalue weighted by Gasteiger charge is 2.26. The molecule has 0 bridgehead atoms. The van der Waals surface area contributed by atoms with Gasteiger partial charge in [0.25, 0.3) is 5.91 Å². The molecular weight excluding hydrogens is 246 g/mol. The molecule has 1 aromatic heterocycles. The molecule has 6 nitrogen and oxygen atoms in total. The standard InChI is InChI=1S/C13H19N3O3/c1-16-8-11(7-15-16)12(17)14-6-9-2-4-10(5-3-9)13(18)19/h7-10H,2-6H2,1H3,(H,14,17)(H,18,19). The van der Waals surface area contributed by atoms with Crippen molar-refractivity contribution in [3.63, 3.8) is 0 Å². The van der Waals surface area contributed by atoms with Crippen LogP contribution in [0.15, 0.2) is 12.4 Å². The van der Waals surface area contributed by atoms with Crippen molar-refractivity contribution in [2.75, 3.05) is 6.54 Å². The summed E-state index contributed by atoms with van der Waals surface area (Å²) in [6, 6.07) is 0. The second-order valence-corrected chi connectivity index (χ2v) is 5.17. The lowest BCUT2D eigenvalue weighted by atomic mass is 9.82. The lowest BCUT2D eigenvalue weighted by Gasteiger charge is -2.26. The summed E-state index contributed by atoms with van der Waals surface area (Å²) in [6.07, 6.45) is 6.37. The van der Waals surface area contributed by atoms with Crippen LogP contribution in [-0.4, -0.2) is 33.3 Å². The lowest BCUT2D eigenvalue weighted by molar-refractivity contribution is -0.143. The third-order valence-electron chi connectivity index (χ3n) is 3.71. The number of rotatable bonds is 4. The molecule has 1 aromatic rings. The number of hydrogen-bond donors (Lipinski definition) is 2. The Balaban J connectivity index is 1.75. The van der Waals surface area contributed by atoms with E-state index in [2.05, 4.69) is 10.4 Å². The van der Waals surface area contributed by atoms with Crippen LogP contribution in [0.25, 0.3) is 0 Å². The van der Waals surface area contributed by atoms with E-state index in [0.717, 1.165) is 12.8 Å². The van der Waals surface area contributed by atoms with Crippen LogP contribution in [0, 0.1) is 11.8 Å². The molecule has 0 atom stereocenters. The van der Waals surface area contributed by atoms with Crippen molar-refractivity contribution in [2.24, 2.45) is 18.9 Å². The Bertz CT molecular complexity index is 461. The van der Waals surface area contributed by atoms with Crippen LogP contribution >= 0.6 is 0 Å². The van der Waals surface area contributed by atoms with Gasteiger partial charge in [-0.3, -0.25) is 14.3 Å². The van der Waals surface area contributed by atoms with Crippen molar-refractivity contribution >= 4 is 11.9 Å². The van der Waals surface area contributed by atoms with Gasteiger partial charge in [0, 0.05) is 19.8 Å². The van der Waals surface area contributed by atoms with Crippen LogP contribution in [-0.2, 0) is 11.8 Å². The maximum atomic E-state index is 11.8. The van der Waals surface area contributed by atoms with Crippen molar-refractivity contribution in [3.05, 3.63) is 18.0 Å². The van der Waals surface area contributed by atoms with E-state index in [1.54, 1.807) is 17.9 Å². The zero-order chi connectivity index (χ0) is 13.8. The van der Waals surface area contributed by atoms with E-state index in [1.807, 2.05) is 0 Å².